The molecule has 0 radical (unpaired) electrons. The van der Waals surface area contributed by atoms with E-state index in [1.54, 1.807) is 0 Å². The lowest BCUT2D eigenvalue weighted by atomic mass is 9.98. The van der Waals surface area contributed by atoms with E-state index >= 15 is 0 Å². The summed E-state index contributed by atoms with van der Waals surface area (Å²) < 4.78 is 5.15. The van der Waals surface area contributed by atoms with Crippen molar-refractivity contribution in [2.75, 3.05) is 0 Å². The standard InChI is InChI=1S/C38H27NS/c1-2-39-35-21-19-27(25-11-5-3-6-12-25)23-33(35)34-24-28(20-22-36(34)39)30-16-10-18-32-31-17-9-15-29(37(31)40-38(30)32)26-13-7-4-8-14-26/h3-24H,2H2,1H3. The summed E-state index contributed by atoms with van der Waals surface area (Å²) in [4.78, 5) is 0. The summed E-state index contributed by atoms with van der Waals surface area (Å²) in [7, 11) is 0. The summed E-state index contributed by atoms with van der Waals surface area (Å²) in [5, 5.41) is 5.29. The molecule has 0 saturated carbocycles. The molecule has 2 heteroatoms. The number of aromatic nitrogens is 1. The second kappa shape index (κ2) is 9.22. The van der Waals surface area contributed by atoms with Crippen LogP contribution >= 0.6 is 11.3 Å². The van der Waals surface area contributed by atoms with E-state index in [-0.39, 0.29) is 0 Å². The zero-order valence-corrected chi connectivity index (χ0v) is 23.1. The van der Waals surface area contributed by atoms with E-state index in [1.807, 2.05) is 11.3 Å². The lowest BCUT2D eigenvalue weighted by Crippen LogP contribution is -1.92. The summed E-state index contributed by atoms with van der Waals surface area (Å²) >= 11 is 1.92. The second-order valence-corrected chi connectivity index (χ2v) is 11.4. The fourth-order valence-corrected chi connectivity index (χ4v) is 7.69. The molecule has 190 valence electrons. The minimum atomic E-state index is 0.943. The number of aryl methyl sites for hydroxylation is 1. The van der Waals surface area contributed by atoms with Gasteiger partial charge in [-0.15, -0.1) is 11.3 Å². The number of thiophene rings is 1. The Labute approximate surface area is 237 Å². The molecule has 0 N–H and O–H groups in total. The maximum Gasteiger partial charge on any atom is 0.0491 e. The number of nitrogens with zero attached hydrogens (tertiary/aromatic N) is 1. The van der Waals surface area contributed by atoms with Crippen LogP contribution in [0.25, 0.3) is 75.4 Å². The van der Waals surface area contributed by atoms with Crippen molar-refractivity contribution in [3.63, 3.8) is 0 Å². The first-order valence-electron chi connectivity index (χ1n) is 13.9. The van der Waals surface area contributed by atoms with Crippen LogP contribution in [-0.4, -0.2) is 4.57 Å². The highest BCUT2D eigenvalue weighted by Crippen LogP contribution is 2.44. The molecule has 0 bridgehead atoms. The highest BCUT2D eigenvalue weighted by molar-refractivity contribution is 7.26. The van der Waals surface area contributed by atoms with Gasteiger partial charge in [0.25, 0.3) is 0 Å². The number of hydrogen-bond acceptors (Lipinski definition) is 1. The van der Waals surface area contributed by atoms with Crippen molar-refractivity contribution in [3.8, 4) is 33.4 Å². The number of fused-ring (bicyclic) bond motifs is 6. The van der Waals surface area contributed by atoms with Gasteiger partial charge in [-0.05, 0) is 64.6 Å². The van der Waals surface area contributed by atoms with Crippen LogP contribution < -0.4 is 0 Å². The van der Waals surface area contributed by atoms with E-state index in [9.17, 15) is 0 Å². The Morgan fingerprint density at radius 3 is 1.57 bits per heavy atom. The van der Waals surface area contributed by atoms with E-state index in [1.165, 1.54) is 75.4 Å². The summed E-state index contributed by atoms with van der Waals surface area (Å²) in [6.45, 7) is 3.18. The summed E-state index contributed by atoms with van der Waals surface area (Å²) in [6.07, 6.45) is 0. The predicted molar refractivity (Wildman–Crippen MR) is 174 cm³/mol. The molecule has 8 aromatic rings. The maximum absolute atomic E-state index is 2.44. The van der Waals surface area contributed by atoms with Crippen LogP contribution in [0.2, 0.25) is 0 Å². The van der Waals surface area contributed by atoms with Crippen molar-refractivity contribution in [3.05, 3.63) is 133 Å². The predicted octanol–water partition coefficient (Wildman–Crippen LogP) is 11.2. The van der Waals surface area contributed by atoms with Gasteiger partial charge in [-0.25, -0.2) is 0 Å². The third-order valence-electron chi connectivity index (χ3n) is 8.21. The highest BCUT2D eigenvalue weighted by atomic mass is 32.1. The lowest BCUT2D eigenvalue weighted by Gasteiger charge is -2.06. The average molecular weight is 530 g/mol. The Morgan fingerprint density at radius 2 is 0.975 bits per heavy atom. The first kappa shape index (κ1) is 23.2. The Morgan fingerprint density at radius 1 is 0.450 bits per heavy atom. The Hall–Kier alpha value is -4.66. The molecule has 2 heterocycles. The molecule has 0 amide bonds. The fraction of sp³-hybridized carbons (Fsp3) is 0.0526. The number of hydrogen-bond donors (Lipinski definition) is 0. The number of rotatable bonds is 4. The topological polar surface area (TPSA) is 4.93 Å². The smallest absolute Gasteiger partial charge is 0.0491 e. The van der Waals surface area contributed by atoms with Crippen LogP contribution in [0.3, 0.4) is 0 Å². The minimum absolute atomic E-state index is 0.943. The van der Waals surface area contributed by atoms with Gasteiger partial charge in [0.05, 0.1) is 0 Å². The van der Waals surface area contributed by atoms with Crippen molar-refractivity contribution in [1.82, 2.24) is 4.57 Å². The lowest BCUT2D eigenvalue weighted by molar-refractivity contribution is 0.827. The average Bonchev–Trinajstić information content (AvgIpc) is 3.56. The molecule has 0 fully saturated rings. The molecule has 0 aliphatic carbocycles. The van der Waals surface area contributed by atoms with Crippen molar-refractivity contribution < 1.29 is 0 Å². The van der Waals surface area contributed by atoms with Gasteiger partial charge < -0.3 is 4.57 Å². The monoisotopic (exact) mass is 529 g/mol. The molecular formula is C38H27NS. The number of benzene rings is 6. The molecule has 8 rings (SSSR count). The minimum Gasteiger partial charge on any atom is -0.341 e. The van der Waals surface area contributed by atoms with Crippen LogP contribution in [0, 0.1) is 0 Å². The van der Waals surface area contributed by atoms with Crippen LogP contribution in [0.4, 0.5) is 0 Å². The van der Waals surface area contributed by atoms with E-state index < -0.39 is 0 Å². The van der Waals surface area contributed by atoms with Crippen molar-refractivity contribution in [2.45, 2.75) is 13.5 Å². The quantitative estimate of drug-likeness (QED) is 0.214. The summed E-state index contributed by atoms with van der Waals surface area (Å²) in [5.74, 6) is 0. The Kier molecular flexibility index (Phi) is 5.36. The van der Waals surface area contributed by atoms with Crippen molar-refractivity contribution in [1.29, 1.82) is 0 Å². The third-order valence-corrected chi connectivity index (χ3v) is 9.50. The van der Waals surface area contributed by atoms with Gasteiger partial charge in [0.1, 0.15) is 0 Å². The molecular weight excluding hydrogens is 502 g/mol. The molecule has 0 atom stereocenters. The molecule has 6 aromatic carbocycles. The molecule has 0 aliphatic rings. The fourth-order valence-electron chi connectivity index (χ4n) is 6.31. The van der Waals surface area contributed by atoms with Crippen LogP contribution in [-0.2, 0) is 6.54 Å². The highest BCUT2D eigenvalue weighted by Gasteiger charge is 2.16. The SMILES string of the molecule is CCn1c2ccc(-c3ccccc3)cc2c2cc(-c3cccc4c3sc3c(-c5ccccc5)cccc34)ccc21. The molecule has 0 saturated heterocycles. The van der Waals surface area contributed by atoms with Gasteiger partial charge in [0.2, 0.25) is 0 Å². The van der Waals surface area contributed by atoms with Crippen molar-refractivity contribution >= 4 is 53.3 Å². The molecule has 2 aromatic heterocycles. The van der Waals surface area contributed by atoms with Crippen molar-refractivity contribution in [2.24, 2.45) is 0 Å². The third kappa shape index (κ3) is 3.53. The van der Waals surface area contributed by atoms with E-state index in [0.29, 0.717) is 0 Å². The second-order valence-electron chi connectivity index (χ2n) is 10.4. The Balaban J connectivity index is 1.36. The maximum atomic E-state index is 2.44. The largest absolute Gasteiger partial charge is 0.341 e. The van der Waals surface area contributed by atoms with Crippen LogP contribution in [0.1, 0.15) is 6.92 Å². The molecule has 0 aliphatic heterocycles. The van der Waals surface area contributed by atoms with Crippen LogP contribution in [0.15, 0.2) is 133 Å². The van der Waals surface area contributed by atoms with Gasteiger partial charge in [-0.1, -0.05) is 109 Å². The molecule has 0 unspecified atom stereocenters. The summed E-state index contributed by atoms with van der Waals surface area (Å²) in [6, 6.07) is 48.9. The van der Waals surface area contributed by atoms with Crippen LogP contribution in [0.5, 0.6) is 0 Å². The van der Waals surface area contributed by atoms with Gasteiger partial charge in [0, 0.05) is 48.5 Å². The van der Waals surface area contributed by atoms with E-state index in [0.717, 1.165) is 6.54 Å². The van der Waals surface area contributed by atoms with Gasteiger partial charge in [-0.3, -0.25) is 0 Å². The van der Waals surface area contributed by atoms with Gasteiger partial charge in [-0.2, -0.15) is 0 Å². The Bertz CT molecular complexity index is 2180. The normalized spacial score (nSPS) is 11.7. The van der Waals surface area contributed by atoms with Gasteiger partial charge in [0.15, 0.2) is 0 Å². The molecule has 40 heavy (non-hydrogen) atoms. The molecule has 1 nitrogen and oxygen atoms in total. The van der Waals surface area contributed by atoms with Gasteiger partial charge >= 0.3 is 0 Å². The first-order chi connectivity index (χ1) is 19.8. The molecule has 0 spiro atoms. The van der Waals surface area contributed by atoms with E-state index in [4.69, 9.17) is 0 Å². The first-order valence-corrected chi connectivity index (χ1v) is 14.7. The zero-order valence-electron chi connectivity index (χ0n) is 22.3. The summed E-state index contributed by atoms with van der Waals surface area (Å²) in [5.41, 5.74) is 10.2. The zero-order chi connectivity index (χ0) is 26.6. The van der Waals surface area contributed by atoms with E-state index in [2.05, 4.69) is 145 Å².